The summed E-state index contributed by atoms with van der Waals surface area (Å²) in [6, 6.07) is 28.2. The Labute approximate surface area is 296 Å². The highest BCUT2D eigenvalue weighted by Crippen LogP contribution is 2.30. The van der Waals surface area contributed by atoms with Crippen molar-refractivity contribution in [2.75, 3.05) is 17.2 Å². The Morgan fingerprint density at radius 1 is 0.896 bits per heavy atom. The molecule has 0 saturated heterocycles. The lowest BCUT2D eigenvalue weighted by Crippen LogP contribution is -2.30. The quantitative estimate of drug-likeness (QED) is 0.0878. The summed E-state index contributed by atoms with van der Waals surface area (Å²) in [5.41, 5.74) is 2.90. The predicted octanol–water partition coefficient (Wildman–Crippen LogP) is 9.04. The molecule has 0 aliphatic heterocycles. The molecule has 3 N–H and O–H groups in total. The van der Waals surface area contributed by atoms with Crippen LogP contribution < -0.4 is 20.7 Å². The van der Waals surface area contributed by atoms with Crippen molar-refractivity contribution in [1.29, 1.82) is 0 Å². The van der Waals surface area contributed by atoms with Crippen molar-refractivity contribution < 1.29 is 19.1 Å². The number of thiazole rings is 1. The highest BCUT2D eigenvalue weighted by molar-refractivity contribution is 8.00. The molecule has 1 heterocycles. The Morgan fingerprint density at radius 2 is 1.58 bits per heavy atom. The van der Waals surface area contributed by atoms with E-state index in [0.717, 1.165) is 21.9 Å². The van der Waals surface area contributed by atoms with Crippen molar-refractivity contribution in [2.24, 2.45) is 0 Å². The molecule has 0 fully saturated rings. The Hall–Kier alpha value is -4.61. The van der Waals surface area contributed by atoms with E-state index in [1.807, 2.05) is 43.5 Å². The van der Waals surface area contributed by atoms with Gasteiger partial charge in [0, 0.05) is 42.7 Å². The summed E-state index contributed by atoms with van der Waals surface area (Å²) in [5.74, 6) is -0.438. The summed E-state index contributed by atoms with van der Waals surface area (Å²) in [5, 5.41) is 11.0. The van der Waals surface area contributed by atoms with Crippen LogP contribution in [0.4, 0.5) is 10.8 Å². The molecule has 3 amide bonds. The maximum atomic E-state index is 13.4. The van der Waals surface area contributed by atoms with Crippen LogP contribution in [0, 0.1) is 0 Å². The first kappa shape index (κ1) is 34.7. The van der Waals surface area contributed by atoms with E-state index >= 15 is 0 Å². The molecule has 1 unspecified atom stereocenters. The highest BCUT2D eigenvalue weighted by Gasteiger charge is 2.19. The number of halogens is 2. The zero-order chi connectivity index (χ0) is 34.0. The van der Waals surface area contributed by atoms with Crippen LogP contribution in [0.25, 0.3) is 17.3 Å². The van der Waals surface area contributed by atoms with Crippen molar-refractivity contribution in [2.45, 2.75) is 24.0 Å². The number of hydrogen-bond donors (Lipinski definition) is 3. The summed E-state index contributed by atoms with van der Waals surface area (Å²) in [6.45, 7) is 4.34. The third kappa shape index (κ3) is 9.26. The highest BCUT2D eigenvalue weighted by atomic mass is 35.5. The minimum absolute atomic E-state index is 0.0459. The number of thioether (sulfide) groups is 1. The largest absolute Gasteiger partial charge is 0.494 e. The van der Waals surface area contributed by atoms with E-state index < -0.39 is 17.1 Å². The van der Waals surface area contributed by atoms with E-state index in [1.165, 1.54) is 29.2 Å². The first-order valence-corrected chi connectivity index (χ1v) is 17.3. The molecule has 244 valence electrons. The molecule has 0 bridgehead atoms. The van der Waals surface area contributed by atoms with Crippen molar-refractivity contribution in [3.8, 4) is 17.0 Å². The van der Waals surface area contributed by atoms with Gasteiger partial charge in [0.2, 0.25) is 5.91 Å². The van der Waals surface area contributed by atoms with Crippen molar-refractivity contribution in [3.63, 3.8) is 0 Å². The van der Waals surface area contributed by atoms with E-state index in [9.17, 15) is 14.4 Å². The summed E-state index contributed by atoms with van der Waals surface area (Å²) >= 11 is 15.4. The second kappa shape index (κ2) is 16.5. The molecular formula is C36H30Cl2N4O4S2. The monoisotopic (exact) mass is 716 g/mol. The molecule has 0 saturated carbocycles. The Kier molecular flexibility index (Phi) is 11.9. The third-order valence-electron chi connectivity index (χ3n) is 6.81. The molecule has 0 aliphatic carbocycles. The van der Waals surface area contributed by atoms with Crippen LogP contribution in [0.15, 0.2) is 113 Å². The minimum Gasteiger partial charge on any atom is -0.494 e. The van der Waals surface area contributed by atoms with Gasteiger partial charge in [0.25, 0.3) is 11.8 Å². The Bertz CT molecular complexity index is 1910. The molecule has 1 aromatic heterocycles. The molecule has 5 rings (SSSR count). The van der Waals surface area contributed by atoms with Gasteiger partial charge in [0.1, 0.15) is 11.4 Å². The Morgan fingerprint density at radius 3 is 2.25 bits per heavy atom. The van der Waals surface area contributed by atoms with Crippen LogP contribution in [0.1, 0.15) is 29.8 Å². The van der Waals surface area contributed by atoms with Crippen molar-refractivity contribution in [1.82, 2.24) is 10.3 Å². The van der Waals surface area contributed by atoms with Crippen LogP contribution in [0.5, 0.6) is 5.75 Å². The number of nitrogens with zero attached hydrogens (tertiary/aromatic N) is 1. The zero-order valence-electron chi connectivity index (χ0n) is 25.8. The molecule has 0 radical (unpaired) electrons. The number of anilines is 2. The second-order valence-electron chi connectivity index (χ2n) is 10.2. The smallest absolute Gasteiger partial charge is 0.272 e. The summed E-state index contributed by atoms with van der Waals surface area (Å²) in [4.78, 5) is 44.7. The maximum absolute atomic E-state index is 13.4. The van der Waals surface area contributed by atoms with Gasteiger partial charge in [-0.15, -0.1) is 23.1 Å². The fourth-order valence-corrected chi connectivity index (χ4v) is 6.46. The number of aromatic nitrogens is 1. The normalized spacial score (nSPS) is 11.8. The van der Waals surface area contributed by atoms with Gasteiger partial charge in [-0.25, -0.2) is 4.98 Å². The van der Waals surface area contributed by atoms with E-state index in [4.69, 9.17) is 27.9 Å². The van der Waals surface area contributed by atoms with Crippen LogP contribution in [0.3, 0.4) is 0 Å². The minimum atomic E-state index is -0.573. The van der Waals surface area contributed by atoms with Gasteiger partial charge in [-0.1, -0.05) is 47.5 Å². The van der Waals surface area contributed by atoms with Gasteiger partial charge in [-0.2, -0.15) is 0 Å². The SMILES string of the molecule is CCOc1ccc(-c2csc(NC(=O)C(C)Sc3ccc(NC(=O)/C(=C/c4c(Cl)cccc4Cl)NC(=O)c4ccccc4)cc3)n2)cc1. The standard InChI is InChI=1S/C36H30Cl2N4O4S2/c1-3-46-26-16-12-23(13-17-26)32-21-47-36(41-32)42-33(43)22(2)48-27-18-14-25(15-19-27)39-35(45)31(20-28-29(37)10-7-11-30(28)38)40-34(44)24-8-5-4-6-9-24/h4-22H,3H2,1-2H3,(H,39,45)(H,40,44)(H,41,42,43)/b31-20-. The van der Waals surface area contributed by atoms with Gasteiger partial charge in [0.15, 0.2) is 5.13 Å². The fourth-order valence-electron chi connectivity index (χ4n) is 4.37. The van der Waals surface area contributed by atoms with Gasteiger partial charge in [-0.3, -0.25) is 14.4 Å². The van der Waals surface area contributed by atoms with E-state index in [-0.39, 0.29) is 11.6 Å². The number of benzene rings is 4. The van der Waals surface area contributed by atoms with Gasteiger partial charge in [0.05, 0.1) is 17.6 Å². The van der Waals surface area contributed by atoms with E-state index in [0.29, 0.717) is 38.6 Å². The number of hydrogen-bond acceptors (Lipinski definition) is 7. The first-order chi connectivity index (χ1) is 23.2. The fraction of sp³-hybridized carbons (Fsp3) is 0.111. The number of ether oxygens (including phenoxy) is 1. The topological polar surface area (TPSA) is 109 Å². The predicted molar refractivity (Wildman–Crippen MR) is 196 cm³/mol. The summed E-state index contributed by atoms with van der Waals surface area (Å²) < 4.78 is 5.50. The van der Waals surface area contributed by atoms with E-state index in [2.05, 4.69) is 20.9 Å². The van der Waals surface area contributed by atoms with Crippen molar-refractivity contribution >= 4 is 80.9 Å². The van der Waals surface area contributed by atoms with Crippen LogP contribution in [-0.2, 0) is 9.59 Å². The number of carbonyl (C=O) groups excluding carboxylic acids is 3. The Balaban J connectivity index is 1.21. The molecule has 1 atom stereocenters. The molecule has 4 aromatic carbocycles. The molecule has 5 aromatic rings. The van der Waals surface area contributed by atoms with Crippen LogP contribution in [0.2, 0.25) is 10.0 Å². The lowest BCUT2D eigenvalue weighted by atomic mass is 10.1. The molecule has 0 spiro atoms. The molecule has 12 heteroatoms. The van der Waals surface area contributed by atoms with Crippen molar-refractivity contribution in [3.05, 3.63) is 129 Å². The number of carbonyl (C=O) groups is 3. The van der Waals surface area contributed by atoms with Gasteiger partial charge >= 0.3 is 0 Å². The van der Waals surface area contributed by atoms with Crippen LogP contribution in [-0.4, -0.2) is 34.6 Å². The third-order valence-corrected chi connectivity index (χ3v) is 9.34. The zero-order valence-corrected chi connectivity index (χ0v) is 29.0. The molecule has 48 heavy (non-hydrogen) atoms. The first-order valence-electron chi connectivity index (χ1n) is 14.8. The number of nitrogens with one attached hydrogen (secondary N) is 3. The maximum Gasteiger partial charge on any atom is 0.272 e. The van der Waals surface area contributed by atoms with Gasteiger partial charge in [-0.05, 0) is 92.7 Å². The summed E-state index contributed by atoms with van der Waals surface area (Å²) in [6.07, 6.45) is 1.44. The summed E-state index contributed by atoms with van der Waals surface area (Å²) in [7, 11) is 0. The molecule has 0 aliphatic rings. The number of amides is 3. The van der Waals surface area contributed by atoms with E-state index in [1.54, 1.807) is 72.8 Å². The van der Waals surface area contributed by atoms with Gasteiger partial charge < -0.3 is 20.7 Å². The average Bonchev–Trinajstić information content (AvgIpc) is 3.56. The average molecular weight is 718 g/mol. The number of rotatable bonds is 12. The van der Waals surface area contributed by atoms with Crippen LogP contribution >= 0.6 is 46.3 Å². The second-order valence-corrected chi connectivity index (χ2v) is 13.3. The lowest BCUT2D eigenvalue weighted by molar-refractivity contribution is -0.115. The lowest BCUT2D eigenvalue weighted by Gasteiger charge is -2.13. The molecule has 8 nitrogen and oxygen atoms in total. The molecular weight excluding hydrogens is 687 g/mol.